The number of sulfonamides is 1. The molecule has 1 N–H and O–H groups in total. The van der Waals surface area contributed by atoms with Gasteiger partial charge < -0.3 is 10.2 Å². The Labute approximate surface area is 271 Å². The summed E-state index contributed by atoms with van der Waals surface area (Å²) >= 11 is 6.14. The van der Waals surface area contributed by atoms with Crippen LogP contribution in [-0.4, -0.2) is 44.3 Å². The number of benzene rings is 4. The maximum Gasteiger partial charge on any atom is 0.264 e. The first-order chi connectivity index (χ1) is 21.6. The fourth-order valence-electron chi connectivity index (χ4n) is 5.00. The highest BCUT2D eigenvalue weighted by atomic mass is 35.5. The van der Waals surface area contributed by atoms with E-state index in [1.165, 1.54) is 17.0 Å². The zero-order chi connectivity index (χ0) is 32.4. The minimum atomic E-state index is -4.17. The normalized spacial score (nSPS) is 11.9. The quantitative estimate of drug-likeness (QED) is 0.155. The monoisotopic (exact) mass is 645 g/mol. The zero-order valence-corrected chi connectivity index (χ0v) is 27.5. The highest BCUT2D eigenvalue weighted by Gasteiger charge is 2.34. The van der Waals surface area contributed by atoms with Gasteiger partial charge in [-0.15, -0.1) is 0 Å². The molecule has 0 heterocycles. The highest BCUT2D eigenvalue weighted by molar-refractivity contribution is 7.92. The summed E-state index contributed by atoms with van der Waals surface area (Å²) in [6.45, 7) is 5.96. The molecule has 0 saturated carbocycles. The van der Waals surface area contributed by atoms with Gasteiger partial charge in [-0.1, -0.05) is 97.2 Å². The molecule has 0 saturated heterocycles. The van der Waals surface area contributed by atoms with Crippen molar-refractivity contribution >= 4 is 39.1 Å². The summed E-state index contributed by atoms with van der Waals surface area (Å²) in [4.78, 5) is 29.9. The number of aryl methyl sites for hydroxylation is 2. The number of carbonyl (C=O) groups excluding carboxylic acids is 2. The number of rotatable bonds is 14. The van der Waals surface area contributed by atoms with Crippen LogP contribution in [0.5, 0.6) is 0 Å². The Kier molecular flexibility index (Phi) is 11.8. The van der Waals surface area contributed by atoms with Crippen molar-refractivity contribution in [2.45, 2.75) is 57.5 Å². The van der Waals surface area contributed by atoms with Crippen LogP contribution in [0.2, 0.25) is 5.02 Å². The van der Waals surface area contributed by atoms with Gasteiger partial charge in [-0.2, -0.15) is 0 Å². The Morgan fingerprint density at radius 2 is 1.49 bits per heavy atom. The van der Waals surface area contributed by atoms with Gasteiger partial charge in [0, 0.05) is 24.5 Å². The number of amides is 2. The summed E-state index contributed by atoms with van der Waals surface area (Å²) in [5.41, 5.74) is 3.91. The van der Waals surface area contributed by atoms with E-state index < -0.39 is 28.5 Å². The molecule has 0 unspecified atom stereocenters. The lowest BCUT2D eigenvalue weighted by Gasteiger charge is -2.34. The lowest BCUT2D eigenvalue weighted by Crippen LogP contribution is -2.53. The minimum Gasteiger partial charge on any atom is -0.354 e. The number of carbonyl (C=O) groups is 2. The topological polar surface area (TPSA) is 86.8 Å². The van der Waals surface area contributed by atoms with Crippen LogP contribution in [0.15, 0.2) is 108 Å². The molecule has 45 heavy (non-hydrogen) atoms. The first kappa shape index (κ1) is 33.7. The predicted molar refractivity (Wildman–Crippen MR) is 181 cm³/mol. The van der Waals surface area contributed by atoms with Crippen molar-refractivity contribution in [3.63, 3.8) is 0 Å². The van der Waals surface area contributed by atoms with Gasteiger partial charge in [0.2, 0.25) is 11.8 Å². The Hall–Kier alpha value is -4.14. The Morgan fingerprint density at radius 3 is 2.13 bits per heavy atom. The van der Waals surface area contributed by atoms with Crippen LogP contribution in [0.25, 0.3) is 0 Å². The van der Waals surface area contributed by atoms with Crippen LogP contribution < -0.4 is 9.62 Å². The average Bonchev–Trinajstić information content (AvgIpc) is 3.03. The standard InChI is InChI=1S/C36H40ClN3O4S/c1-4-5-23-38-36(42)34(24-29-12-7-6-8-13-29)39(25-30-14-10-9-11-28(30)3)35(41)26-40(32-19-17-31(37)18-20-32)45(43,44)33-21-15-27(2)16-22-33/h6-22,34H,4-5,23-26H2,1-3H3,(H,38,42)/t34-/m0/s1. The molecule has 0 radical (unpaired) electrons. The summed E-state index contributed by atoms with van der Waals surface area (Å²) in [6, 6.07) is 29.1. The first-order valence-corrected chi connectivity index (χ1v) is 16.9. The van der Waals surface area contributed by atoms with E-state index in [2.05, 4.69) is 5.32 Å². The molecule has 2 amide bonds. The average molecular weight is 646 g/mol. The molecule has 7 nitrogen and oxygen atoms in total. The molecule has 0 aliphatic rings. The van der Waals surface area contributed by atoms with Crippen LogP contribution in [0, 0.1) is 13.8 Å². The number of hydrogen-bond acceptors (Lipinski definition) is 4. The molecule has 236 valence electrons. The van der Waals surface area contributed by atoms with Crippen molar-refractivity contribution in [2.75, 3.05) is 17.4 Å². The van der Waals surface area contributed by atoms with Crippen LogP contribution in [0.4, 0.5) is 5.69 Å². The van der Waals surface area contributed by atoms with Crippen molar-refractivity contribution in [1.29, 1.82) is 0 Å². The predicted octanol–water partition coefficient (Wildman–Crippen LogP) is 6.71. The summed E-state index contributed by atoms with van der Waals surface area (Å²) in [5, 5.41) is 3.45. The first-order valence-electron chi connectivity index (χ1n) is 15.1. The van der Waals surface area contributed by atoms with Crippen LogP contribution >= 0.6 is 11.6 Å². The highest BCUT2D eigenvalue weighted by Crippen LogP contribution is 2.27. The van der Waals surface area contributed by atoms with E-state index in [0.717, 1.165) is 39.4 Å². The van der Waals surface area contributed by atoms with Gasteiger partial charge in [-0.25, -0.2) is 8.42 Å². The zero-order valence-electron chi connectivity index (χ0n) is 25.9. The Morgan fingerprint density at radius 1 is 0.844 bits per heavy atom. The second kappa shape index (κ2) is 15.7. The lowest BCUT2D eigenvalue weighted by atomic mass is 10.0. The van der Waals surface area contributed by atoms with Crippen molar-refractivity contribution in [3.05, 3.63) is 130 Å². The molecule has 0 aromatic heterocycles. The maximum absolute atomic E-state index is 14.5. The fourth-order valence-corrected chi connectivity index (χ4v) is 6.54. The number of hydrogen-bond donors (Lipinski definition) is 1. The maximum atomic E-state index is 14.5. The summed E-state index contributed by atoms with van der Waals surface area (Å²) in [5.74, 6) is -0.788. The molecule has 4 aromatic rings. The summed E-state index contributed by atoms with van der Waals surface area (Å²) < 4.78 is 29.3. The van der Waals surface area contributed by atoms with E-state index in [-0.39, 0.29) is 29.5 Å². The number of halogens is 1. The second-order valence-electron chi connectivity index (χ2n) is 11.1. The molecule has 4 rings (SSSR count). The van der Waals surface area contributed by atoms with Crippen molar-refractivity contribution in [2.24, 2.45) is 0 Å². The van der Waals surface area contributed by atoms with E-state index >= 15 is 0 Å². The van der Waals surface area contributed by atoms with Gasteiger partial charge in [-0.3, -0.25) is 13.9 Å². The van der Waals surface area contributed by atoms with E-state index in [9.17, 15) is 18.0 Å². The molecule has 0 aliphatic heterocycles. The van der Waals surface area contributed by atoms with Crippen molar-refractivity contribution < 1.29 is 18.0 Å². The number of nitrogens with zero attached hydrogens (tertiary/aromatic N) is 2. The molecule has 0 fully saturated rings. The Bertz CT molecular complexity index is 1680. The minimum absolute atomic E-state index is 0.0550. The number of anilines is 1. The third-order valence-corrected chi connectivity index (χ3v) is 9.75. The van der Waals surface area contributed by atoms with Gasteiger partial charge >= 0.3 is 0 Å². The van der Waals surface area contributed by atoms with E-state index in [1.807, 2.05) is 75.4 Å². The molecule has 4 aromatic carbocycles. The molecular formula is C36H40ClN3O4S. The molecular weight excluding hydrogens is 606 g/mol. The molecule has 9 heteroatoms. The summed E-state index contributed by atoms with van der Waals surface area (Å²) in [6.07, 6.45) is 1.97. The fraction of sp³-hybridized carbons (Fsp3) is 0.278. The van der Waals surface area contributed by atoms with Crippen LogP contribution in [-0.2, 0) is 32.6 Å². The third-order valence-electron chi connectivity index (χ3n) is 7.71. The molecule has 0 spiro atoms. The Balaban J connectivity index is 1.79. The molecule has 0 bridgehead atoms. The van der Waals surface area contributed by atoms with Gasteiger partial charge in [0.15, 0.2) is 0 Å². The van der Waals surface area contributed by atoms with E-state index in [1.54, 1.807) is 36.4 Å². The smallest absolute Gasteiger partial charge is 0.264 e. The molecule has 1 atom stereocenters. The molecule has 0 aliphatic carbocycles. The summed E-state index contributed by atoms with van der Waals surface area (Å²) in [7, 11) is -4.17. The van der Waals surface area contributed by atoms with Gasteiger partial charge in [0.05, 0.1) is 10.6 Å². The number of unbranched alkanes of at least 4 members (excludes halogenated alkanes) is 1. The lowest BCUT2D eigenvalue weighted by molar-refractivity contribution is -0.140. The van der Waals surface area contributed by atoms with E-state index in [0.29, 0.717) is 11.6 Å². The van der Waals surface area contributed by atoms with Crippen LogP contribution in [0.3, 0.4) is 0 Å². The van der Waals surface area contributed by atoms with Gasteiger partial charge in [-0.05, 0) is 73.4 Å². The van der Waals surface area contributed by atoms with Gasteiger partial charge in [0.1, 0.15) is 12.6 Å². The van der Waals surface area contributed by atoms with Crippen molar-refractivity contribution in [1.82, 2.24) is 10.2 Å². The van der Waals surface area contributed by atoms with Gasteiger partial charge in [0.25, 0.3) is 10.0 Å². The van der Waals surface area contributed by atoms with Crippen molar-refractivity contribution in [3.8, 4) is 0 Å². The second-order valence-corrected chi connectivity index (χ2v) is 13.4. The SMILES string of the molecule is CCCCNC(=O)[C@H](Cc1ccccc1)N(Cc1ccccc1C)C(=O)CN(c1ccc(Cl)cc1)S(=O)(=O)c1ccc(C)cc1. The van der Waals surface area contributed by atoms with Crippen LogP contribution in [0.1, 0.15) is 42.0 Å². The largest absolute Gasteiger partial charge is 0.354 e. The number of nitrogens with one attached hydrogen (secondary N) is 1. The third kappa shape index (κ3) is 8.96. The van der Waals surface area contributed by atoms with E-state index in [4.69, 9.17) is 11.6 Å².